The molecule has 0 saturated carbocycles. The minimum Gasteiger partial charge on any atom is -0.497 e. The third-order valence-corrected chi connectivity index (χ3v) is 4.89. The van der Waals surface area contributed by atoms with Crippen LogP contribution in [0.2, 0.25) is 0 Å². The zero-order valence-corrected chi connectivity index (χ0v) is 15.1. The van der Waals surface area contributed by atoms with E-state index in [-0.39, 0.29) is 12.1 Å². The molecule has 0 aliphatic carbocycles. The molecule has 0 aromatic heterocycles. The second-order valence-electron chi connectivity index (χ2n) is 6.62. The van der Waals surface area contributed by atoms with E-state index in [1.165, 1.54) is 0 Å². The Balaban J connectivity index is 1.76. The van der Waals surface area contributed by atoms with E-state index in [4.69, 9.17) is 14.2 Å². The van der Waals surface area contributed by atoms with Gasteiger partial charge in [0.2, 0.25) is 0 Å². The topological polar surface area (TPSA) is 60.0 Å². The summed E-state index contributed by atoms with van der Waals surface area (Å²) < 4.78 is 17.3. The first kappa shape index (κ1) is 16.6. The van der Waals surface area contributed by atoms with Gasteiger partial charge in [-0.15, -0.1) is 0 Å². The highest BCUT2D eigenvalue weighted by Gasteiger charge is 2.50. The van der Waals surface area contributed by atoms with Crippen LogP contribution in [-0.4, -0.2) is 25.5 Å². The average Bonchev–Trinajstić information content (AvgIpc) is 2.62. The first-order valence-electron chi connectivity index (χ1n) is 8.75. The number of hydrogen-bond acceptors (Lipinski definition) is 4. The molecule has 26 heavy (non-hydrogen) atoms. The maximum Gasteiger partial charge on any atom is 0.325 e. The number of fused-ring (bicyclic) bond motifs is 4. The number of carbonyl (C=O) groups excluding carboxylic acids is 1. The minimum absolute atomic E-state index is 0.105. The van der Waals surface area contributed by atoms with E-state index in [2.05, 4.69) is 5.32 Å². The molecule has 136 valence electrons. The Hall–Kier alpha value is -2.89. The molecule has 2 bridgehead atoms. The van der Waals surface area contributed by atoms with Gasteiger partial charge in [-0.05, 0) is 44.2 Å². The largest absolute Gasteiger partial charge is 0.497 e. The van der Waals surface area contributed by atoms with Gasteiger partial charge in [-0.25, -0.2) is 4.79 Å². The van der Waals surface area contributed by atoms with Gasteiger partial charge >= 0.3 is 6.03 Å². The molecule has 0 radical (unpaired) electrons. The summed E-state index contributed by atoms with van der Waals surface area (Å²) in [5.41, 5.74) is 0.902. The predicted molar refractivity (Wildman–Crippen MR) is 98.0 cm³/mol. The zero-order chi connectivity index (χ0) is 18.3. The van der Waals surface area contributed by atoms with Crippen molar-refractivity contribution in [2.45, 2.75) is 32.0 Å². The Bertz CT molecular complexity index is 836. The molecule has 1 fully saturated rings. The molecule has 2 aliphatic rings. The number of nitrogens with zero attached hydrogens (tertiary/aromatic N) is 1. The number of urea groups is 1. The van der Waals surface area contributed by atoms with Gasteiger partial charge in [0.15, 0.2) is 17.2 Å². The second kappa shape index (κ2) is 6.12. The first-order valence-corrected chi connectivity index (χ1v) is 8.75. The van der Waals surface area contributed by atoms with E-state index in [0.29, 0.717) is 24.5 Å². The number of para-hydroxylation sites is 1. The Morgan fingerprint density at radius 2 is 2.04 bits per heavy atom. The van der Waals surface area contributed by atoms with Crippen LogP contribution >= 0.6 is 0 Å². The highest BCUT2D eigenvalue weighted by atomic mass is 16.5. The molecule has 6 nitrogen and oxygen atoms in total. The number of rotatable bonds is 4. The third-order valence-electron chi connectivity index (χ3n) is 4.89. The molecular formula is C20H22N2O4. The van der Waals surface area contributed by atoms with Crippen LogP contribution in [-0.2, 0) is 0 Å². The van der Waals surface area contributed by atoms with Crippen molar-refractivity contribution in [3.05, 3.63) is 48.0 Å². The molecule has 6 heteroatoms. The van der Waals surface area contributed by atoms with Crippen molar-refractivity contribution in [2.75, 3.05) is 18.6 Å². The van der Waals surface area contributed by atoms with E-state index in [1.807, 2.05) is 56.3 Å². The van der Waals surface area contributed by atoms with Crippen LogP contribution in [0.5, 0.6) is 17.2 Å². The van der Waals surface area contributed by atoms with Crippen LogP contribution in [0.15, 0.2) is 42.5 Å². The lowest BCUT2D eigenvalue weighted by molar-refractivity contribution is 0.0343. The zero-order valence-electron chi connectivity index (χ0n) is 15.1. The highest BCUT2D eigenvalue weighted by molar-refractivity contribution is 5.95. The summed E-state index contributed by atoms with van der Waals surface area (Å²) in [6.45, 7) is 4.43. The minimum atomic E-state index is -0.804. The van der Waals surface area contributed by atoms with Crippen LogP contribution < -0.4 is 24.4 Å². The van der Waals surface area contributed by atoms with E-state index in [9.17, 15) is 4.79 Å². The van der Waals surface area contributed by atoms with E-state index in [0.717, 1.165) is 17.0 Å². The first-order chi connectivity index (χ1) is 12.6. The lowest BCUT2D eigenvalue weighted by Crippen LogP contribution is -2.65. The molecule has 2 atom stereocenters. The predicted octanol–water partition coefficient (Wildman–Crippen LogP) is 3.86. The van der Waals surface area contributed by atoms with Gasteiger partial charge in [-0.1, -0.05) is 12.1 Å². The monoisotopic (exact) mass is 354 g/mol. The number of anilines is 1. The summed E-state index contributed by atoms with van der Waals surface area (Å²) in [5.74, 6) is 2.14. The molecule has 1 saturated heterocycles. The molecular weight excluding hydrogens is 332 g/mol. The van der Waals surface area contributed by atoms with Crippen molar-refractivity contribution in [3.8, 4) is 17.2 Å². The van der Waals surface area contributed by atoms with Gasteiger partial charge in [0, 0.05) is 17.7 Å². The highest BCUT2D eigenvalue weighted by Crippen LogP contribution is 2.49. The van der Waals surface area contributed by atoms with Crippen LogP contribution in [0, 0.1) is 0 Å². The van der Waals surface area contributed by atoms with Crippen molar-refractivity contribution >= 4 is 11.7 Å². The SMILES string of the molecule is CCOc1cccc2c1O[C@]1(C)CC2NC(=O)N1c1ccc(OC)cc1. The normalized spacial score (nSPS) is 23.6. The van der Waals surface area contributed by atoms with Crippen molar-refractivity contribution in [2.24, 2.45) is 0 Å². The molecule has 2 amide bonds. The Kier molecular flexibility index (Phi) is 3.90. The molecule has 2 heterocycles. The number of amides is 2. The fourth-order valence-electron chi connectivity index (χ4n) is 3.75. The average molecular weight is 354 g/mol. The van der Waals surface area contributed by atoms with E-state index >= 15 is 0 Å². The van der Waals surface area contributed by atoms with Gasteiger partial charge in [0.05, 0.1) is 19.8 Å². The number of nitrogens with one attached hydrogen (secondary N) is 1. The van der Waals surface area contributed by atoms with Gasteiger partial charge in [-0.2, -0.15) is 0 Å². The maximum atomic E-state index is 12.9. The Morgan fingerprint density at radius 3 is 2.73 bits per heavy atom. The van der Waals surface area contributed by atoms with Crippen molar-refractivity contribution in [1.29, 1.82) is 0 Å². The molecule has 2 aromatic rings. The summed E-state index contributed by atoms with van der Waals surface area (Å²) in [6, 6.07) is 12.9. The Morgan fingerprint density at radius 1 is 1.27 bits per heavy atom. The van der Waals surface area contributed by atoms with Crippen LogP contribution in [0.25, 0.3) is 0 Å². The number of carbonyl (C=O) groups is 1. The van der Waals surface area contributed by atoms with Gasteiger partial charge in [0.1, 0.15) is 5.75 Å². The number of benzene rings is 2. The van der Waals surface area contributed by atoms with Crippen molar-refractivity contribution in [1.82, 2.24) is 5.32 Å². The summed E-state index contributed by atoms with van der Waals surface area (Å²) in [4.78, 5) is 14.5. The van der Waals surface area contributed by atoms with Crippen LogP contribution in [0.1, 0.15) is 31.9 Å². The fourth-order valence-corrected chi connectivity index (χ4v) is 3.75. The van der Waals surface area contributed by atoms with Gasteiger partial charge < -0.3 is 19.5 Å². The lowest BCUT2D eigenvalue weighted by Gasteiger charge is -2.50. The smallest absolute Gasteiger partial charge is 0.325 e. The number of methoxy groups -OCH3 is 1. The second-order valence-corrected chi connectivity index (χ2v) is 6.62. The summed E-state index contributed by atoms with van der Waals surface area (Å²) >= 11 is 0. The molecule has 0 spiro atoms. The van der Waals surface area contributed by atoms with Crippen molar-refractivity contribution < 1.29 is 19.0 Å². The summed E-state index contributed by atoms with van der Waals surface area (Å²) in [5, 5.41) is 3.10. The molecule has 2 aliphatic heterocycles. The number of hydrogen-bond donors (Lipinski definition) is 1. The number of ether oxygens (including phenoxy) is 3. The quantitative estimate of drug-likeness (QED) is 0.906. The fraction of sp³-hybridized carbons (Fsp3) is 0.350. The standard InChI is InChI=1S/C20H22N2O4/c1-4-25-17-7-5-6-15-16-12-20(2,26-18(15)17)22(19(23)21-16)13-8-10-14(24-3)11-9-13/h5-11,16H,4,12H2,1-3H3,(H,21,23)/t16?,20-/m1/s1. The van der Waals surface area contributed by atoms with Gasteiger partial charge in [0.25, 0.3) is 0 Å². The molecule has 2 aromatic carbocycles. The van der Waals surface area contributed by atoms with E-state index < -0.39 is 5.72 Å². The van der Waals surface area contributed by atoms with Crippen LogP contribution in [0.4, 0.5) is 10.5 Å². The van der Waals surface area contributed by atoms with Crippen LogP contribution in [0.3, 0.4) is 0 Å². The molecule has 4 rings (SSSR count). The lowest BCUT2D eigenvalue weighted by atomic mass is 9.90. The maximum absolute atomic E-state index is 12.9. The third kappa shape index (κ3) is 2.53. The van der Waals surface area contributed by atoms with Gasteiger partial charge in [-0.3, -0.25) is 4.90 Å². The van der Waals surface area contributed by atoms with E-state index in [1.54, 1.807) is 12.0 Å². The molecule has 1 N–H and O–H groups in total. The summed E-state index contributed by atoms with van der Waals surface area (Å²) in [6.07, 6.45) is 0.646. The Labute approximate surface area is 152 Å². The van der Waals surface area contributed by atoms with Crippen molar-refractivity contribution in [3.63, 3.8) is 0 Å². The summed E-state index contributed by atoms with van der Waals surface area (Å²) in [7, 11) is 1.62. The molecule has 1 unspecified atom stereocenters.